The first-order chi connectivity index (χ1) is 9.97. The van der Waals surface area contributed by atoms with Crippen molar-refractivity contribution in [2.24, 2.45) is 0 Å². The summed E-state index contributed by atoms with van der Waals surface area (Å²) in [6.07, 6.45) is 0. The average Bonchev–Trinajstić information content (AvgIpc) is 2.44. The smallest absolute Gasteiger partial charge is 0.184 e. The van der Waals surface area contributed by atoms with E-state index in [1.807, 2.05) is 25.1 Å². The summed E-state index contributed by atoms with van der Waals surface area (Å²) in [4.78, 5) is 0. The quantitative estimate of drug-likeness (QED) is 0.832. The molecule has 0 heterocycles. The van der Waals surface area contributed by atoms with Crippen molar-refractivity contribution in [3.8, 4) is 11.5 Å². The molecule has 112 valence electrons. The lowest BCUT2D eigenvalue weighted by Gasteiger charge is -2.13. The van der Waals surface area contributed by atoms with Crippen molar-refractivity contribution in [2.45, 2.75) is 33.4 Å². The van der Waals surface area contributed by atoms with Crippen LogP contribution in [0.3, 0.4) is 0 Å². The molecule has 0 aliphatic rings. The van der Waals surface area contributed by atoms with Gasteiger partial charge in [0, 0.05) is 12.6 Å². The van der Waals surface area contributed by atoms with Crippen LogP contribution < -0.4 is 10.1 Å². The third-order valence-corrected chi connectivity index (χ3v) is 3.38. The summed E-state index contributed by atoms with van der Waals surface area (Å²) in [5, 5.41) is 3.41. The summed E-state index contributed by atoms with van der Waals surface area (Å²) in [7, 11) is 0. The van der Waals surface area contributed by atoms with E-state index in [9.17, 15) is 4.39 Å². The van der Waals surface area contributed by atoms with E-state index < -0.39 is 5.82 Å². The first kappa shape index (κ1) is 15.8. The van der Waals surface area contributed by atoms with Gasteiger partial charge in [-0.05, 0) is 36.2 Å². The van der Waals surface area contributed by atoms with Gasteiger partial charge in [-0.1, -0.05) is 43.6 Å². The molecule has 0 saturated heterocycles. The zero-order valence-electron chi connectivity index (χ0n) is 12.4. The highest BCUT2D eigenvalue weighted by Gasteiger charge is 2.10. The fourth-order valence-electron chi connectivity index (χ4n) is 1.94. The molecule has 2 nitrogen and oxygen atoms in total. The SMILES string of the molecule is Cc1cc(CNC(C)C)ccc1Oc1cccc(Cl)c1F. The maximum absolute atomic E-state index is 13.8. The summed E-state index contributed by atoms with van der Waals surface area (Å²) >= 11 is 5.75. The summed E-state index contributed by atoms with van der Waals surface area (Å²) in [6, 6.07) is 11.0. The van der Waals surface area contributed by atoms with Crippen LogP contribution in [0.25, 0.3) is 0 Å². The van der Waals surface area contributed by atoms with Gasteiger partial charge in [-0.2, -0.15) is 0 Å². The molecule has 2 aromatic carbocycles. The van der Waals surface area contributed by atoms with Gasteiger partial charge < -0.3 is 10.1 Å². The van der Waals surface area contributed by atoms with E-state index in [0.717, 1.165) is 12.1 Å². The molecule has 2 aromatic rings. The molecule has 0 radical (unpaired) electrons. The van der Waals surface area contributed by atoms with Gasteiger partial charge in [0.1, 0.15) is 5.75 Å². The molecule has 1 N–H and O–H groups in total. The van der Waals surface area contributed by atoms with Crippen LogP contribution in [0.2, 0.25) is 5.02 Å². The van der Waals surface area contributed by atoms with Gasteiger partial charge in [0.05, 0.1) is 5.02 Å². The Morgan fingerprint density at radius 1 is 1.19 bits per heavy atom. The van der Waals surface area contributed by atoms with E-state index in [4.69, 9.17) is 16.3 Å². The van der Waals surface area contributed by atoms with Gasteiger partial charge in [-0.15, -0.1) is 0 Å². The Kier molecular flexibility index (Phi) is 5.21. The summed E-state index contributed by atoms with van der Waals surface area (Å²) in [5.41, 5.74) is 2.12. The molecule has 0 saturated carbocycles. The minimum absolute atomic E-state index is 0.0582. The second-order valence-corrected chi connectivity index (χ2v) is 5.70. The van der Waals surface area contributed by atoms with Crippen LogP contribution in [0.5, 0.6) is 11.5 Å². The van der Waals surface area contributed by atoms with Crippen molar-refractivity contribution >= 4 is 11.6 Å². The van der Waals surface area contributed by atoms with Crippen LogP contribution in [0.1, 0.15) is 25.0 Å². The van der Waals surface area contributed by atoms with E-state index in [1.54, 1.807) is 12.1 Å². The topological polar surface area (TPSA) is 21.3 Å². The molecule has 0 aromatic heterocycles. The molecule has 0 aliphatic carbocycles. The Labute approximate surface area is 129 Å². The fourth-order valence-corrected chi connectivity index (χ4v) is 2.11. The van der Waals surface area contributed by atoms with E-state index in [2.05, 4.69) is 19.2 Å². The zero-order valence-corrected chi connectivity index (χ0v) is 13.2. The molecule has 4 heteroatoms. The monoisotopic (exact) mass is 307 g/mol. The number of hydrogen-bond donors (Lipinski definition) is 1. The Morgan fingerprint density at radius 3 is 2.62 bits per heavy atom. The fraction of sp³-hybridized carbons (Fsp3) is 0.294. The van der Waals surface area contributed by atoms with E-state index in [1.165, 1.54) is 11.6 Å². The van der Waals surface area contributed by atoms with Crippen LogP contribution in [0, 0.1) is 12.7 Å². The Morgan fingerprint density at radius 2 is 1.95 bits per heavy atom. The number of aryl methyl sites for hydroxylation is 1. The predicted molar refractivity (Wildman–Crippen MR) is 84.6 cm³/mol. The van der Waals surface area contributed by atoms with Crippen LogP contribution >= 0.6 is 11.6 Å². The van der Waals surface area contributed by atoms with Crippen LogP contribution in [0.15, 0.2) is 36.4 Å². The molecule has 0 aliphatic heterocycles. The minimum atomic E-state index is -0.538. The van der Waals surface area contributed by atoms with Gasteiger partial charge in [0.2, 0.25) is 0 Å². The van der Waals surface area contributed by atoms with E-state index in [-0.39, 0.29) is 10.8 Å². The molecular formula is C17H19ClFNO. The predicted octanol–water partition coefficient (Wildman–Crippen LogP) is 5.08. The first-order valence-electron chi connectivity index (χ1n) is 6.92. The average molecular weight is 308 g/mol. The number of hydrogen-bond acceptors (Lipinski definition) is 2. The van der Waals surface area contributed by atoms with Gasteiger partial charge in [0.15, 0.2) is 11.6 Å². The highest BCUT2D eigenvalue weighted by Crippen LogP contribution is 2.30. The molecule has 2 rings (SSSR count). The molecular weight excluding hydrogens is 289 g/mol. The van der Waals surface area contributed by atoms with Gasteiger partial charge in [-0.3, -0.25) is 0 Å². The van der Waals surface area contributed by atoms with Gasteiger partial charge in [-0.25, -0.2) is 4.39 Å². The molecule has 0 bridgehead atoms. The lowest BCUT2D eigenvalue weighted by Crippen LogP contribution is -2.21. The van der Waals surface area contributed by atoms with Crippen LogP contribution in [-0.4, -0.2) is 6.04 Å². The highest BCUT2D eigenvalue weighted by molar-refractivity contribution is 6.30. The summed E-state index contributed by atoms with van der Waals surface area (Å²) in [5.74, 6) is 0.229. The molecule has 0 atom stereocenters. The Hall–Kier alpha value is -1.58. The first-order valence-corrected chi connectivity index (χ1v) is 7.30. The second-order valence-electron chi connectivity index (χ2n) is 5.29. The lowest BCUT2D eigenvalue weighted by atomic mass is 10.1. The lowest BCUT2D eigenvalue weighted by molar-refractivity contribution is 0.439. The Balaban J connectivity index is 2.16. The van der Waals surface area contributed by atoms with E-state index in [0.29, 0.717) is 11.8 Å². The maximum Gasteiger partial charge on any atom is 0.184 e. The largest absolute Gasteiger partial charge is 0.454 e. The van der Waals surface area contributed by atoms with Gasteiger partial charge >= 0.3 is 0 Å². The molecule has 0 unspecified atom stereocenters. The number of rotatable bonds is 5. The normalized spacial score (nSPS) is 11.0. The van der Waals surface area contributed by atoms with Crippen molar-refractivity contribution in [3.05, 3.63) is 58.4 Å². The number of ether oxygens (including phenoxy) is 1. The van der Waals surface area contributed by atoms with Crippen LogP contribution in [0.4, 0.5) is 4.39 Å². The van der Waals surface area contributed by atoms with Gasteiger partial charge in [0.25, 0.3) is 0 Å². The molecule has 0 fully saturated rings. The van der Waals surface area contributed by atoms with E-state index >= 15 is 0 Å². The molecule has 21 heavy (non-hydrogen) atoms. The minimum Gasteiger partial charge on any atom is -0.454 e. The number of nitrogens with one attached hydrogen (secondary N) is 1. The highest BCUT2D eigenvalue weighted by atomic mass is 35.5. The second kappa shape index (κ2) is 6.92. The molecule has 0 spiro atoms. The third kappa shape index (κ3) is 4.19. The van der Waals surface area contributed by atoms with Crippen molar-refractivity contribution in [3.63, 3.8) is 0 Å². The van der Waals surface area contributed by atoms with Crippen molar-refractivity contribution in [1.82, 2.24) is 5.32 Å². The standard InChI is InChI=1S/C17H19ClFNO/c1-11(2)20-10-13-7-8-15(12(3)9-13)21-16-6-4-5-14(18)17(16)19/h4-9,11,20H,10H2,1-3H3. The van der Waals surface area contributed by atoms with Crippen LogP contribution in [-0.2, 0) is 6.54 Å². The molecule has 0 amide bonds. The zero-order chi connectivity index (χ0) is 15.4. The third-order valence-electron chi connectivity index (χ3n) is 3.09. The van der Waals surface area contributed by atoms with Crippen molar-refractivity contribution in [1.29, 1.82) is 0 Å². The Bertz CT molecular complexity index is 628. The number of halogens is 2. The van der Waals surface area contributed by atoms with Crippen molar-refractivity contribution in [2.75, 3.05) is 0 Å². The summed E-state index contributed by atoms with van der Waals surface area (Å²) in [6.45, 7) is 6.94. The number of benzene rings is 2. The summed E-state index contributed by atoms with van der Waals surface area (Å²) < 4.78 is 19.5. The maximum atomic E-state index is 13.8. The van der Waals surface area contributed by atoms with Crippen molar-refractivity contribution < 1.29 is 9.13 Å².